The van der Waals surface area contributed by atoms with E-state index in [2.05, 4.69) is 18.0 Å². The Kier molecular flexibility index (Phi) is 5.74. The van der Waals surface area contributed by atoms with Crippen LogP contribution in [0.3, 0.4) is 0 Å². The third kappa shape index (κ3) is 3.47. The third-order valence-corrected chi connectivity index (χ3v) is 8.70. The molecule has 2 heterocycles. The minimum absolute atomic E-state index is 0.00999. The molecule has 2 bridgehead atoms. The Morgan fingerprint density at radius 2 is 1.97 bits per heavy atom. The van der Waals surface area contributed by atoms with Crippen molar-refractivity contribution in [1.82, 2.24) is 4.90 Å². The molecule has 0 amide bonds. The van der Waals surface area contributed by atoms with Crippen LogP contribution in [0.4, 0.5) is 0 Å². The summed E-state index contributed by atoms with van der Waals surface area (Å²) in [7, 11) is 5.30. The summed E-state index contributed by atoms with van der Waals surface area (Å²) >= 11 is 0. The van der Waals surface area contributed by atoms with Crippen molar-refractivity contribution < 1.29 is 28.5 Å². The van der Waals surface area contributed by atoms with Gasteiger partial charge in [0.25, 0.3) is 0 Å². The molecule has 6 rings (SSSR count). The summed E-state index contributed by atoms with van der Waals surface area (Å²) in [6, 6.07) is 12.2. The van der Waals surface area contributed by atoms with Gasteiger partial charge in [-0.1, -0.05) is 18.2 Å². The Labute approximate surface area is 206 Å². The fourth-order valence-electron chi connectivity index (χ4n) is 7.14. The second-order valence-electron chi connectivity index (χ2n) is 10.3. The monoisotopic (exact) mass is 479 g/mol. The lowest BCUT2D eigenvalue weighted by atomic mass is 9.51. The SMILES string of the molecule is COCOc1ccc2c3c1O[C@H]1[C@@H](OCc4ccc(C(=O)OC)cc4)CC[C@H]4[C@@H](C2)N(C)CC[C@@]341. The molecule has 2 aromatic rings. The van der Waals surface area contributed by atoms with Crippen LogP contribution in [0.2, 0.25) is 0 Å². The molecule has 5 atom stereocenters. The van der Waals surface area contributed by atoms with Gasteiger partial charge in [-0.25, -0.2) is 4.79 Å². The summed E-state index contributed by atoms with van der Waals surface area (Å²) in [5, 5.41) is 0. The molecule has 0 aromatic heterocycles. The summed E-state index contributed by atoms with van der Waals surface area (Å²) < 4.78 is 29.3. The van der Waals surface area contributed by atoms with E-state index in [0.717, 1.165) is 49.3 Å². The first-order valence-electron chi connectivity index (χ1n) is 12.5. The van der Waals surface area contributed by atoms with Crippen molar-refractivity contribution in [3.8, 4) is 11.5 Å². The van der Waals surface area contributed by atoms with Gasteiger partial charge in [-0.3, -0.25) is 0 Å². The van der Waals surface area contributed by atoms with Crippen LogP contribution >= 0.6 is 0 Å². The van der Waals surface area contributed by atoms with Gasteiger partial charge in [-0.15, -0.1) is 0 Å². The Hall–Kier alpha value is -2.61. The number of nitrogens with zero attached hydrogens (tertiary/aromatic N) is 1. The standard InChI is InChI=1S/C28H33NO6/c1-29-13-12-28-20-9-11-23(33-15-17-4-6-18(7-5-17)27(30)32-3)26(28)35-25-22(34-16-31-2)10-8-19(24(25)28)14-21(20)29/h4-8,10,20-21,23,26H,9,11-16H2,1-3H3/t20-,21+,23-,26-,28-/m0/s1. The minimum atomic E-state index is -0.330. The Morgan fingerprint density at radius 3 is 2.74 bits per heavy atom. The zero-order valence-electron chi connectivity index (χ0n) is 20.6. The first kappa shape index (κ1) is 22.8. The highest BCUT2D eigenvalue weighted by Crippen LogP contribution is 2.64. The maximum atomic E-state index is 11.8. The van der Waals surface area contributed by atoms with Crippen LogP contribution in [0.5, 0.6) is 11.5 Å². The average Bonchev–Trinajstić information content (AvgIpc) is 3.24. The normalized spacial score (nSPS) is 30.4. The highest BCUT2D eigenvalue weighted by Gasteiger charge is 2.65. The Balaban J connectivity index is 1.30. The van der Waals surface area contributed by atoms with Gasteiger partial charge in [0.2, 0.25) is 0 Å². The van der Waals surface area contributed by atoms with Crippen LogP contribution in [0, 0.1) is 5.92 Å². The van der Waals surface area contributed by atoms with E-state index < -0.39 is 0 Å². The fraction of sp³-hybridized carbons (Fsp3) is 0.536. The van der Waals surface area contributed by atoms with E-state index >= 15 is 0 Å². The predicted octanol–water partition coefficient (Wildman–Crippen LogP) is 3.71. The second-order valence-corrected chi connectivity index (χ2v) is 10.3. The predicted molar refractivity (Wildman–Crippen MR) is 129 cm³/mol. The number of hydrogen-bond acceptors (Lipinski definition) is 7. The highest BCUT2D eigenvalue weighted by atomic mass is 16.7. The Bertz CT molecular complexity index is 1120. The van der Waals surface area contributed by atoms with Crippen molar-refractivity contribution in [3.05, 3.63) is 58.7 Å². The van der Waals surface area contributed by atoms with E-state index in [-0.39, 0.29) is 30.4 Å². The number of carbonyl (C=O) groups is 1. The number of hydrogen-bond donors (Lipinski definition) is 0. The third-order valence-electron chi connectivity index (χ3n) is 8.70. The molecule has 2 aliphatic carbocycles. The molecule has 2 aromatic carbocycles. The molecule has 2 aliphatic heterocycles. The van der Waals surface area contributed by atoms with Gasteiger partial charge in [0.15, 0.2) is 18.3 Å². The van der Waals surface area contributed by atoms with Crippen LogP contribution in [0.1, 0.15) is 46.3 Å². The molecule has 2 fully saturated rings. The quantitative estimate of drug-likeness (QED) is 0.443. The molecule has 0 N–H and O–H groups in total. The summed E-state index contributed by atoms with van der Waals surface area (Å²) in [5.74, 6) is 1.89. The lowest BCUT2D eigenvalue weighted by molar-refractivity contribution is -0.127. The van der Waals surface area contributed by atoms with Crippen molar-refractivity contribution >= 4 is 5.97 Å². The van der Waals surface area contributed by atoms with E-state index in [4.69, 9.17) is 23.7 Å². The van der Waals surface area contributed by atoms with Crippen molar-refractivity contribution in [2.45, 2.75) is 56.0 Å². The number of methoxy groups -OCH3 is 2. The molecule has 4 aliphatic rings. The van der Waals surface area contributed by atoms with Crippen LogP contribution in [0.15, 0.2) is 36.4 Å². The lowest BCUT2D eigenvalue weighted by Gasteiger charge is -2.58. The summed E-state index contributed by atoms with van der Waals surface area (Å²) in [6.45, 7) is 1.74. The largest absolute Gasteiger partial charge is 0.483 e. The zero-order valence-corrected chi connectivity index (χ0v) is 20.6. The number of piperidine rings is 1. The van der Waals surface area contributed by atoms with Gasteiger partial charge < -0.3 is 28.6 Å². The van der Waals surface area contributed by atoms with Gasteiger partial charge in [0.1, 0.15) is 6.10 Å². The Morgan fingerprint density at radius 1 is 1.14 bits per heavy atom. The van der Waals surface area contributed by atoms with Crippen LogP contribution in [0.25, 0.3) is 0 Å². The smallest absolute Gasteiger partial charge is 0.337 e. The number of likely N-dealkylation sites (tertiary alicyclic amines) is 1. The number of ether oxygens (including phenoxy) is 5. The molecule has 0 radical (unpaired) electrons. The van der Waals surface area contributed by atoms with Crippen molar-refractivity contribution in [2.75, 3.05) is 34.6 Å². The number of rotatable bonds is 7. The summed E-state index contributed by atoms with van der Waals surface area (Å²) in [6.07, 6.45) is 4.18. The van der Waals surface area contributed by atoms with E-state index in [9.17, 15) is 4.79 Å². The summed E-state index contributed by atoms with van der Waals surface area (Å²) in [4.78, 5) is 14.3. The van der Waals surface area contributed by atoms with E-state index in [1.165, 1.54) is 18.2 Å². The molecule has 7 heteroatoms. The number of benzene rings is 2. The van der Waals surface area contributed by atoms with E-state index in [0.29, 0.717) is 24.1 Å². The van der Waals surface area contributed by atoms with Crippen LogP contribution < -0.4 is 9.47 Å². The molecule has 1 spiro atoms. The van der Waals surface area contributed by atoms with Gasteiger partial charge in [0.05, 0.1) is 25.4 Å². The van der Waals surface area contributed by atoms with Crippen molar-refractivity contribution in [3.63, 3.8) is 0 Å². The molecular weight excluding hydrogens is 446 g/mol. The zero-order chi connectivity index (χ0) is 24.2. The molecule has 35 heavy (non-hydrogen) atoms. The molecule has 7 nitrogen and oxygen atoms in total. The van der Waals surface area contributed by atoms with E-state index in [1.807, 2.05) is 18.2 Å². The van der Waals surface area contributed by atoms with Gasteiger partial charge in [-0.2, -0.15) is 0 Å². The van der Waals surface area contributed by atoms with Gasteiger partial charge in [-0.05, 0) is 74.5 Å². The second kappa shape index (κ2) is 8.80. The van der Waals surface area contributed by atoms with Crippen molar-refractivity contribution in [2.24, 2.45) is 5.92 Å². The molecule has 0 unspecified atom stereocenters. The lowest BCUT2D eigenvalue weighted by Crippen LogP contribution is -2.66. The van der Waals surface area contributed by atoms with Crippen LogP contribution in [-0.2, 0) is 32.7 Å². The topological polar surface area (TPSA) is 66.5 Å². The number of likely N-dealkylation sites (N-methyl/N-ethyl adjacent to an activating group) is 1. The number of esters is 1. The molecule has 186 valence electrons. The van der Waals surface area contributed by atoms with Crippen molar-refractivity contribution in [1.29, 1.82) is 0 Å². The first-order chi connectivity index (χ1) is 17.1. The fourth-order valence-corrected chi connectivity index (χ4v) is 7.14. The molecule has 1 saturated carbocycles. The van der Waals surface area contributed by atoms with Crippen LogP contribution in [-0.4, -0.2) is 63.7 Å². The molecular formula is C28H33NO6. The maximum absolute atomic E-state index is 11.8. The summed E-state index contributed by atoms with van der Waals surface area (Å²) in [5.41, 5.74) is 4.29. The molecule has 1 saturated heterocycles. The van der Waals surface area contributed by atoms with E-state index in [1.54, 1.807) is 19.2 Å². The number of carbonyl (C=O) groups excluding carboxylic acids is 1. The first-order valence-corrected chi connectivity index (χ1v) is 12.5. The average molecular weight is 480 g/mol. The minimum Gasteiger partial charge on any atom is -0.483 e. The maximum Gasteiger partial charge on any atom is 0.337 e. The van der Waals surface area contributed by atoms with Gasteiger partial charge in [0, 0.05) is 24.1 Å². The van der Waals surface area contributed by atoms with Gasteiger partial charge >= 0.3 is 5.97 Å². The highest BCUT2D eigenvalue weighted by molar-refractivity contribution is 5.89.